The van der Waals surface area contributed by atoms with Gasteiger partial charge in [0.05, 0.1) is 30.5 Å². The zero-order chi connectivity index (χ0) is 28.4. The quantitative estimate of drug-likeness (QED) is 0.169. The van der Waals surface area contributed by atoms with Gasteiger partial charge in [0.1, 0.15) is 6.10 Å². The smallest absolute Gasteiger partial charge is 0.330 e. The SMILES string of the molecule is C/C(=C\[C@@H]1[C@H]2[C@@H](C)[C@H](O)[C@H](O)[C@@H](O)[C@@]2(C)C=C[C@H]1/C(C)=C/C[C@H](O)C[C@@H](O)[C@H](C)[C@@H](O)C(C)C)C(=O)O. The fraction of sp³-hybridized carbons (Fsp3) is 0.759. The fourth-order valence-corrected chi connectivity index (χ4v) is 6.38. The van der Waals surface area contributed by atoms with Crippen LogP contribution in [0.5, 0.6) is 0 Å². The Labute approximate surface area is 221 Å². The van der Waals surface area contributed by atoms with Crippen molar-refractivity contribution in [1.82, 2.24) is 0 Å². The zero-order valence-electron chi connectivity index (χ0n) is 23.2. The predicted octanol–water partition coefficient (Wildman–Crippen LogP) is 2.28. The summed E-state index contributed by atoms with van der Waals surface area (Å²) in [5.41, 5.74) is 0.179. The molecule has 212 valence electrons. The largest absolute Gasteiger partial charge is 0.478 e. The van der Waals surface area contributed by atoms with Gasteiger partial charge in [0.15, 0.2) is 0 Å². The topological polar surface area (TPSA) is 159 Å². The number of hydrogen-bond acceptors (Lipinski definition) is 7. The Kier molecular flexibility index (Phi) is 10.7. The van der Waals surface area contributed by atoms with Crippen LogP contribution < -0.4 is 0 Å². The molecule has 0 radical (unpaired) electrons. The average Bonchev–Trinajstić information content (AvgIpc) is 2.83. The van der Waals surface area contributed by atoms with Crippen molar-refractivity contribution in [1.29, 1.82) is 0 Å². The highest BCUT2D eigenvalue weighted by molar-refractivity contribution is 5.85. The molecule has 12 atom stereocenters. The molecule has 0 heterocycles. The number of aliphatic hydroxyl groups is 6. The molecule has 1 saturated carbocycles. The van der Waals surface area contributed by atoms with E-state index in [4.69, 9.17) is 0 Å². The van der Waals surface area contributed by atoms with E-state index < -0.39 is 53.9 Å². The number of hydrogen-bond donors (Lipinski definition) is 7. The van der Waals surface area contributed by atoms with Gasteiger partial charge in [0, 0.05) is 22.8 Å². The number of aliphatic carboxylic acids is 1. The van der Waals surface area contributed by atoms with E-state index in [2.05, 4.69) is 0 Å². The highest BCUT2D eigenvalue weighted by atomic mass is 16.4. The molecule has 7 N–H and O–H groups in total. The van der Waals surface area contributed by atoms with Gasteiger partial charge in [-0.15, -0.1) is 0 Å². The Morgan fingerprint density at radius 3 is 2.19 bits per heavy atom. The number of carboxylic acids is 1. The summed E-state index contributed by atoms with van der Waals surface area (Å²) in [4.78, 5) is 11.7. The molecule has 8 nitrogen and oxygen atoms in total. The van der Waals surface area contributed by atoms with Crippen LogP contribution in [0.25, 0.3) is 0 Å². The second-order valence-corrected chi connectivity index (χ2v) is 12.0. The molecule has 2 aliphatic rings. The van der Waals surface area contributed by atoms with Gasteiger partial charge >= 0.3 is 5.97 Å². The molecule has 37 heavy (non-hydrogen) atoms. The maximum absolute atomic E-state index is 11.7. The molecule has 2 rings (SSSR count). The molecule has 0 amide bonds. The number of rotatable bonds is 10. The maximum Gasteiger partial charge on any atom is 0.330 e. The molecule has 0 spiro atoms. The summed E-state index contributed by atoms with van der Waals surface area (Å²) < 4.78 is 0. The lowest BCUT2D eigenvalue weighted by atomic mass is 9.50. The van der Waals surface area contributed by atoms with E-state index in [1.165, 1.54) is 6.92 Å². The molecule has 2 aliphatic carbocycles. The van der Waals surface area contributed by atoms with Crippen LogP contribution in [0.15, 0.2) is 35.5 Å². The zero-order valence-corrected chi connectivity index (χ0v) is 23.2. The summed E-state index contributed by atoms with van der Waals surface area (Å²) in [6, 6.07) is 0. The molecule has 0 aromatic heterocycles. The van der Waals surface area contributed by atoms with Crippen LogP contribution in [0.2, 0.25) is 0 Å². The van der Waals surface area contributed by atoms with Gasteiger partial charge < -0.3 is 35.7 Å². The molecular formula is C29H48O8. The van der Waals surface area contributed by atoms with Gasteiger partial charge in [0.2, 0.25) is 0 Å². The number of carbonyl (C=O) groups is 1. The van der Waals surface area contributed by atoms with Gasteiger partial charge in [-0.2, -0.15) is 0 Å². The summed E-state index contributed by atoms with van der Waals surface area (Å²) in [5.74, 6) is -2.83. The molecule has 0 unspecified atom stereocenters. The van der Waals surface area contributed by atoms with Crippen molar-refractivity contribution in [3.8, 4) is 0 Å². The molecule has 0 saturated heterocycles. The lowest BCUT2D eigenvalue weighted by Crippen LogP contribution is -2.62. The lowest BCUT2D eigenvalue weighted by Gasteiger charge is -2.56. The normalized spacial score (nSPS) is 38.2. The van der Waals surface area contributed by atoms with Crippen molar-refractivity contribution in [2.45, 2.75) is 97.9 Å². The second-order valence-electron chi connectivity index (χ2n) is 12.0. The van der Waals surface area contributed by atoms with Crippen LogP contribution in [0.1, 0.15) is 61.3 Å². The lowest BCUT2D eigenvalue weighted by molar-refractivity contribution is -0.187. The van der Waals surface area contributed by atoms with Crippen molar-refractivity contribution in [3.05, 3.63) is 35.5 Å². The van der Waals surface area contributed by atoms with E-state index in [0.717, 1.165) is 5.57 Å². The number of fused-ring (bicyclic) bond motifs is 1. The van der Waals surface area contributed by atoms with E-state index in [-0.39, 0.29) is 48.0 Å². The first-order valence-corrected chi connectivity index (χ1v) is 13.4. The van der Waals surface area contributed by atoms with Crippen molar-refractivity contribution in [3.63, 3.8) is 0 Å². The van der Waals surface area contributed by atoms with Crippen LogP contribution in [0.3, 0.4) is 0 Å². The van der Waals surface area contributed by atoms with Crippen LogP contribution in [0, 0.1) is 40.9 Å². The molecule has 0 aromatic carbocycles. The van der Waals surface area contributed by atoms with Crippen molar-refractivity contribution in [2.75, 3.05) is 0 Å². The van der Waals surface area contributed by atoms with Gasteiger partial charge in [0.25, 0.3) is 0 Å². The Balaban J connectivity index is 2.33. The van der Waals surface area contributed by atoms with Crippen LogP contribution >= 0.6 is 0 Å². The Hall–Kier alpha value is -1.55. The van der Waals surface area contributed by atoms with Gasteiger partial charge in [-0.25, -0.2) is 4.79 Å². The van der Waals surface area contributed by atoms with Crippen LogP contribution in [0.4, 0.5) is 0 Å². The van der Waals surface area contributed by atoms with Crippen molar-refractivity contribution < 1.29 is 40.5 Å². The van der Waals surface area contributed by atoms with Gasteiger partial charge in [-0.3, -0.25) is 0 Å². The third-order valence-electron chi connectivity index (χ3n) is 8.99. The van der Waals surface area contributed by atoms with Crippen LogP contribution in [-0.4, -0.2) is 78.3 Å². The van der Waals surface area contributed by atoms with Crippen molar-refractivity contribution >= 4 is 5.97 Å². The first-order chi connectivity index (χ1) is 17.0. The van der Waals surface area contributed by atoms with E-state index in [0.29, 0.717) is 0 Å². The Morgan fingerprint density at radius 1 is 1.05 bits per heavy atom. The van der Waals surface area contributed by atoms with E-state index in [9.17, 15) is 40.5 Å². The van der Waals surface area contributed by atoms with E-state index >= 15 is 0 Å². The monoisotopic (exact) mass is 524 g/mol. The van der Waals surface area contributed by atoms with E-state index in [1.807, 2.05) is 52.8 Å². The third kappa shape index (κ3) is 6.72. The second kappa shape index (κ2) is 12.5. The van der Waals surface area contributed by atoms with Gasteiger partial charge in [-0.1, -0.05) is 64.5 Å². The van der Waals surface area contributed by atoms with Crippen molar-refractivity contribution in [2.24, 2.45) is 40.9 Å². The highest BCUT2D eigenvalue weighted by Crippen LogP contribution is 2.55. The van der Waals surface area contributed by atoms with Crippen LogP contribution in [-0.2, 0) is 4.79 Å². The molecular weight excluding hydrogens is 476 g/mol. The standard InChI is InChI=1S/C29H48O8/c1-14(2)24(32)17(5)22(31)13-19(30)9-8-15(3)20-10-11-29(7)23(21(20)12-16(4)28(36)37)18(6)25(33)26(34)27(29)35/h8,10-12,14,17-27,30-35H,9,13H2,1-7H3,(H,36,37)/b15-8+,16-12+/t17-,18+,19-,20-,21-,22+,23+,24-,25-,26-,27+,29-/m0/s1. The molecule has 0 bridgehead atoms. The summed E-state index contributed by atoms with van der Waals surface area (Å²) in [5, 5.41) is 72.9. The minimum Gasteiger partial charge on any atom is -0.478 e. The molecule has 1 fully saturated rings. The number of allylic oxidation sites excluding steroid dienone is 3. The predicted molar refractivity (Wildman–Crippen MR) is 141 cm³/mol. The summed E-state index contributed by atoms with van der Waals surface area (Å²) in [7, 11) is 0. The number of aliphatic hydroxyl groups excluding tert-OH is 6. The highest BCUT2D eigenvalue weighted by Gasteiger charge is 2.57. The van der Waals surface area contributed by atoms with Gasteiger partial charge in [-0.05, 0) is 50.4 Å². The first-order valence-electron chi connectivity index (χ1n) is 13.4. The summed E-state index contributed by atoms with van der Waals surface area (Å²) in [6.07, 6.45) is 1.70. The Bertz CT molecular complexity index is 879. The minimum absolute atomic E-state index is 0.00715. The third-order valence-corrected chi connectivity index (χ3v) is 8.99. The Morgan fingerprint density at radius 2 is 1.65 bits per heavy atom. The maximum atomic E-state index is 11.7. The summed E-state index contributed by atoms with van der Waals surface area (Å²) >= 11 is 0. The minimum atomic E-state index is -1.31. The first kappa shape index (κ1) is 31.7. The number of carboxylic acid groups (broad SMARTS) is 1. The molecule has 8 heteroatoms. The molecule has 0 aromatic rings. The average molecular weight is 525 g/mol. The summed E-state index contributed by atoms with van der Waals surface area (Å²) in [6.45, 7) is 12.6. The molecule has 0 aliphatic heterocycles. The van der Waals surface area contributed by atoms with E-state index in [1.54, 1.807) is 13.0 Å². The fourth-order valence-electron chi connectivity index (χ4n) is 6.38.